The predicted molar refractivity (Wildman–Crippen MR) is 84.5 cm³/mol. The van der Waals surface area contributed by atoms with Crippen molar-refractivity contribution in [2.75, 3.05) is 58.6 Å². The zero-order valence-electron chi connectivity index (χ0n) is 13.8. The van der Waals surface area contributed by atoms with Crippen LogP contribution in [-0.2, 0) is 9.53 Å². The van der Waals surface area contributed by atoms with Crippen molar-refractivity contribution in [2.45, 2.75) is 13.0 Å². The Kier molecular flexibility index (Phi) is 6.93. The van der Waals surface area contributed by atoms with Gasteiger partial charge in [0.2, 0.25) is 17.8 Å². The second-order valence-electron chi connectivity index (χ2n) is 5.18. The Bertz CT molecular complexity index is 495. The largest absolute Gasteiger partial charge is 0.383 e. The molecule has 1 heterocycles. The van der Waals surface area contributed by atoms with E-state index < -0.39 is 0 Å². The maximum atomic E-state index is 11.8. The summed E-state index contributed by atoms with van der Waals surface area (Å²) in [5, 5.41) is 2.77. The first-order valence-corrected chi connectivity index (χ1v) is 6.99. The Labute approximate surface area is 130 Å². The summed E-state index contributed by atoms with van der Waals surface area (Å²) in [5.41, 5.74) is 5.72. The lowest BCUT2D eigenvalue weighted by Gasteiger charge is -2.23. The van der Waals surface area contributed by atoms with Gasteiger partial charge in [-0.25, -0.2) is 0 Å². The van der Waals surface area contributed by atoms with Crippen LogP contribution in [0.15, 0.2) is 0 Å². The number of aromatic nitrogens is 3. The first kappa shape index (κ1) is 18.1. The van der Waals surface area contributed by atoms with Crippen molar-refractivity contribution in [3.8, 4) is 0 Å². The summed E-state index contributed by atoms with van der Waals surface area (Å²) < 4.78 is 4.89. The first-order valence-electron chi connectivity index (χ1n) is 6.99. The van der Waals surface area contributed by atoms with E-state index in [4.69, 9.17) is 10.5 Å². The average Bonchev–Trinajstić information content (AvgIpc) is 2.45. The van der Waals surface area contributed by atoms with E-state index in [1.165, 1.54) is 0 Å². The summed E-state index contributed by atoms with van der Waals surface area (Å²) in [7, 11) is 7.08. The molecular formula is C13H25N7O2. The fourth-order valence-corrected chi connectivity index (χ4v) is 1.69. The summed E-state index contributed by atoms with van der Waals surface area (Å²) in [6.07, 6.45) is 0. The standard InChI is InChI=1S/C13H25N7O2/c1-9(20(4)8-10(21)15-6-7-22-5)11-16-12(14)18-13(17-11)19(2)3/h9H,6-8H2,1-5H3,(H,15,21)(H2,14,16,17,18). The Hall–Kier alpha value is -2.00. The molecule has 1 atom stereocenters. The number of rotatable bonds is 8. The summed E-state index contributed by atoms with van der Waals surface area (Å²) in [6.45, 7) is 3.12. The molecule has 0 aliphatic heterocycles. The van der Waals surface area contributed by atoms with Crippen molar-refractivity contribution in [3.05, 3.63) is 5.82 Å². The zero-order valence-corrected chi connectivity index (χ0v) is 13.8. The third-order valence-corrected chi connectivity index (χ3v) is 3.11. The highest BCUT2D eigenvalue weighted by Gasteiger charge is 2.19. The number of amides is 1. The van der Waals surface area contributed by atoms with E-state index in [0.717, 1.165) is 0 Å². The number of hydrogen-bond acceptors (Lipinski definition) is 8. The van der Waals surface area contributed by atoms with Crippen LogP contribution in [0.2, 0.25) is 0 Å². The number of carbonyl (C=O) groups is 1. The van der Waals surface area contributed by atoms with Crippen LogP contribution in [-0.4, -0.2) is 73.7 Å². The molecule has 0 aromatic carbocycles. The van der Waals surface area contributed by atoms with E-state index in [-0.39, 0.29) is 24.4 Å². The van der Waals surface area contributed by atoms with E-state index in [1.807, 2.05) is 33.0 Å². The molecule has 9 nitrogen and oxygen atoms in total. The van der Waals surface area contributed by atoms with Crippen molar-refractivity contribution in [3.63, 3.8) is 0 Å². The van der Waals surface area contributed by atoms with Gasteiger partial charge in [-0.05, 0) is 14.0 Å². The molecule has 0 radical (unpaired) electrons. The quantitative estimate of drug-likeness (QED) is 0.605. The minimum absolute atomic E-state index is 0.0822. The van der Waals surface area contributed by atoms with Crippen molar-refractivity contribution in [1.82, 2.24) is 25.2 Å². The molecule has 0 bridgehead atoms. The molecule has 124 valence electrons. The van der Waals surface area contributed by atoms with E-state index in [1.54, 1.807) is 12.0 Å². The van der Waals surface area contributed by atoms with Crippen LogP contribution in [0.1, 0.15) is 18.8 Å². The molecule has 9 heteroatoms. The molecule has 0 aliphatic rings. The Morgan fingerprint density at radius 1 is 1.32 bits per heavy atom. The van der Waals surface area contributed by atoms with Gasteiger partial charge in [-0.15, -0.1) is 0 Å². The summed E-state index contributed by atoms with van der Waals surface area (Å²) >= 11 is 0. The summed E-state index contributed by atoms with van der Waals surface area (Å²) in [6, 6.07) is -0.169. The lowest BCUT2D eigenvalue weighted by Crippen LogP contribution is -2.38. The van der Waals surface area contributed by atoms with Crippen LogP contribution in [0.3, 0.4) is 0 Å². The van der Waals surface area contributed by atoms with Gasteiger partial charge in [0, 0.05) is 27.7 Å². The van der Waals surface area contributed by atoms with Crippen molar-refractivity contribution < 1.29 is 9.53 Å². The summed E-state index contributed by atoms with van der Waals surface area (Å²) in [5.74, 6) is 1.11. The third kappa shape index (κ3) is 5.41. The fourth-order valence-electron chi connectivity index (χ4n) is 1.69. The molecule has 0 fully saturated rings. The van der Waals surface area contributed by atoms with Crippen molar-refractivity contribution in [2.24, 2.45) is 0 Å². The number of likely N-dealkylation sites (N-methyl/N-ethyl adjacent to an activating group) is 1. The molecular weight excluding hydrogens is 286 g/mol. The lowest BCUT2D eigenvalue weighted by atomic mass is 10.2. The van der Waals surface area contributed by atoms with E-state index in [2.05, 4.69) is 20.3 Å². The molecule has 1 amide bonds. The maximum Gasteiger partial charge on any atom is 0.234 e. The minimum atomic E-state index is -0.169. The number of nitrogens with zero attached hydrogens (tertiary/aromatic N) is 5. The van der Waals surface area contributed by atoms with Crippen LogP contribution in [0.4, 0.5) is 11.9 Å². The average molecular weight is 311 g/mol. The number of hydrogen-bond donors (Lipinski definition) is 2. The number of methoxy groups -OCH3 is 1. The molecule has 0 aliphatic carbocycles. The Morgan fingerprint density at radius 3 is 2.59 bits per heavy atom. The number of carbonyl (C=O) groups excluding carboxylic acids is 1. The second-order valence-corrected chi connectivity index (χ2v) is 5.18. The van der Waals surface area contributed by atoms with Gasteiger partial charge in [-0.3, -0.25) is 9.69 Å². The Balaban J connectivity index is 2.70. The molecule has 1 aromatic heterocycles. The molecule has 3 N–H and O–H groups in total. The molecule has 0 saturated carbocycles. The van der Waals surface area contributed by atoms with Gasteiger partial charge in [0.1, 0.15) is 0 Å². The number of ether oxygens (including phenoxy) is 1. The van der Waals surface area contributed by atoms with Crippen molar-refractivity contribution >= 4 is 17.8 Å². The van der Waals surface area contributed by atoms with Gasteiger partial charge in [0.25, 0.3) is 0 Å². The highest BCUT2D eigenvalue weighted by Crippen LogP contribution is 2.17. The van der Waals surface area contributed by atoms with E-state index in [0.29, 0.717) is 24.9 Å². The fraction of sp³-hybridized carbons (Fsp3) is 0.692. The number of nitrogens with two attached hydrogens (primary N) is 1. The molecule has 1 aromatic rings. The van der Waals surface area contributed by atoms with Gasteiger partial charge in [0.05, 0.1) is 19.2 Å². The predicted octanol–water partition coefficient (Wildman–Crippen LogP) is -0.725. The van der Waals surface area contributed by atoms with Gasteiger partial charge < -0.3 is 20.7 Å². The van der Waals surface area contributed by atoms with Gasteiger partial charge in [0.15, 0.2) is 5.82 Å². The third-order valence-electron chi connectivity index (χ3n) is 3.11. The second kappa shape index (κ2) is 8.44. The number of nitrogen functional groups attached to an aromatic ring is 1. The topological polar surface area (TPSA) is 110 Å². The minimum Gasteiger partial charge on any atom is -0.383 e. The number of anilines is 2. The zero-order chi connectivity index (χ0) is 16.7. The van der Waals surface area contributed by atoms with Gasteiger partial charge in [-0.2, -0.15) is 15.0 Å². The van der Waals surface area contributed by atoms with Crippen LogP contribution < -0.4 is 16.0 Å². The monoisotopic (exact) mass is 311 g/mol. The number of nitrogens with one attached hydrogen (secondary N) is 1. The summed E-state index contributed by atoms with van der Waals surface area (Å²) in [4.78, 5) is 28.0. The highest BCUT2D eigenvalue weighted by atomic mass is 16.5. The Morgan fingerprint density at radius 2 is 2.00 bits per heavy atom. The first-order chi connectivity index (χ1) is 10.3. The van der Waals surface area contributed by atoms with Crippen molar-refractivity contribution in [1.29, 1.82) is 0 Å². The molecule has 0 saturated heterocycles. The molecule has 22 heavy (non-hydrogen) atoms. The van der Waals surface area contributed by atoms with Gasteiger partial charge in [-0.1, -0.05) is 0 Å². The van der Waals surface area contributed by atoms with Crippen LogP contribution >= 0.6 is 0 Å². The molecule has 0 spiro atoms. The van der Waals surface area contributed by atoms with Crippen LogP contribution in [0, 0.1) is 0 Å². The normalized spacial score (nSPS) is 12.3. The van der Waals surface area contributed by atoms with E-state index >= 15 is 0 Å². The maximum absolute atomic E-state index is 11.8. The van der Waals surface area contributed by atoms with Crippen LogP contribution in [0.25, 0.3) is 0 Å². The molecule has 1 unspecified atom stereocenters. The van der Waals surface area contributed by atoms with Gasteiger partial charge >= 0.3 is 0 Å². The SMILES string of the molecule is COCCNC(=O)CN(C)C(C)c1nc(N)nc(N(C)C)n1. The van der Waals surface area contributed by atoms with Crippen LogP contribution in [0.5, 0.6) is 0 Å². The van der Waals surface area contributed by atoms with E-state index in [9.17, 15) is 4.79 Å². The smallest absolute Gasteiger partial charge is 0.234 e. The molecule has 1 rings (SSSR count). The highest BCUT2D eigenvalue weighted by molar-refractivity contribution is 5.78. The lowest BCUT2D eigenvalue weighted by molar-refractivity contribution is -0.122.